The summed E-state index contributed by atoms with van der Waals surface area (Å²) in [6.07, 6.45) is 0.763. The summed E-state index contributed by atoms with van der Waals surface area (Å²) < 4.78 is 7.82. The van der Waals surface area contributed by atoms with Crippen LogP contribution in [0.15, 0.2) is 24.3 Å². The molecule has 4 heteroatoms. The van der Waals surface area contributed by atoms with E-state index in [1.165, 1.54) is 5.56 Å². The third kappa shape index (κ3) is 3.64. The summed E-state index contributed by atoms with van der Waals surface area (Å²) in [6.45, 7) is 8.35. The molecule has 0 saturated heterocycles. The third-order valence-corrected chi connectivity index (χ3v) is 3.58. The lowest BCUT2D eigenvalue weighted by molar-refractivity contribution is 0.424. The number of hydrogen-bond donors (Lipinski definition) is 1. The first-order valence-electron chi connectivity index (χ1n) is 7.44. The highest BCUT2D eigenvalue weighted by Crippen LogP contribution is 2.29. The first-order valence-corrected chi connectivity index (χ1v) is 7.44. The zero-order chi connectivity index (χ0) is 15.6. The van der Waals surface area contributed by atoms with E-state index in [1.807, 2.05) is 33.0 Å². The fourth-order valence-electron chi connectivity index (χ4n) is 2.40. The van der Waals surface area contributed by atoms with E-state index in [-0.39, 0.29) is 6.04 Å². The van der Waals surface area contributed by atoms with Crippen LogP contribution in [0.4, 0.5) is 0 Å². The van der Waals surface area contributed by atoms with E-state index >= 15 is 0 Å². The smallest absolute Gasteiger partial charge is 0.221 e. The highest BCUT2D eigenvalue weighted by atomic mass is 16.5. The summed E-state index contributed by atoms with van der Waals surface area (Å²) in [4.78, 5) is 0. The van der Waals surface area contributed by atoms with Crippen molar-refractivity contribution in [2.45, 2.75) is 46.1 Å². The molecule has 0 spiro atoms. The molecular weight excluding hydrogens is 262 g/mol. The van der Waals surface area contributed by atoms with E-state index in [4.69, 9.17) is 10.5 Å². The maximum Gasteiger partial charge on any atom is 0.221 e. The maximum absolute atomic E-state index is 6.04. The Hall–Kier alpha value is -1.81. The number of nitrogens with zero attached hydrogens (tertiary/aromatic N) is 2. The van der Waals surface area contributed by atoms with Crippen LogP contribution in [0, 0.1) is 6.92 Å². The SMILES string of the molecule is Cc1nn(C)c(Oc2ccc(C(C)C)cc2)c1CC(C)N. The predicted molar refractivity (Wildman–Crippen MR) is 85.9 cm³/mol. The van der Waals surface area contributed by atoms with E-state index in [2.05, 4.69) is 31.1 Å². The van der Waals surface area contributed by atoms with Gasteiger partial charge in [0.15, 0.2) is 0 Å². The van der Waals surface area contributed by atoms with Crippen molar-refractivity contribution in [1.29, 1.82) is 0 Å². The topological polar surface area (TPSA) is 53.1 Å². The van der Waals surface area contributed by atoms with Crippen LogP contribution in [0.2, 0.25) is 0 Å². The Morgan fingerprint density at radius 3 is 2.33 bits per heavy atom. The molecule has 0 amide bonds. The van der Waals surface area contributed by atoms with Gasteiger partial charge in [-0.05, 0) is 43.9 Å². The molecule has 1 unspecified atom stereocenters. The Balaban J connectivity index is 2.26. The van der Waals surface area contributed by atoms with Crippen molar-refractivity contribution in [3.05, 3.63) is 41.1 Å². The predicted octanol–water partition coefficient (Wildman–Crippen LogP) is 3.53. The Kier molecular flexibility index (Phi) is 4.68. The van der Waals surface area contributed by atoms with Gasteiger partial charge in [0, 0.05) is 18.7 Å². The molecule has 0 aliphatic carbocycles. The van der Waals surface area contributed by atoms with Crippen molar-refractivity contribution in [1.82, 2.24) is 9.78 Å². The first kappa shape index (κ1) is 15.6. The normalized spacial score (nSPS) is 12.7. The number of benzene rings is 1. The van der Waals surface area contributed by atoms with E-state index in [1.54, 1.807) is 4.68 Å². The van der Waals surface area contributed by atoms with E-state index < -0.39 is 0 Å². The molecule has 0 saturated carbocycles. The van der Waals surface area contributed by atoms with Gasteiger partial charge in [-0.1, -0.05) is 26.0 Å². The molecule has 2 aromatic rings. The maximum atomic E-state index is 6.04. The van der Waals surface area contributed by atoms with Crippen LogP contribution in [-0.2, 0) is 13.5 Å². The Morgan fingerprint density at radius 1 is 1.19 bits per heavy atom. The quantitative estimate of drug-likeness (QED) is 0.915. The van der Waals surface area contributed by atoms with Gasteiger partial charge in [0.05, 0.1) is 5.69 Å². The number of hydrogen-bond acceptors (Lipinski definition) is 3. The average molecular weight is 287 g/mol. The second-order valence-corrected chi connectivity index (χ2v) is 6.00. The minimum Gasteiger partial charge on any atom is -0.439 e. The molecule has 0 bridgehead atoms. The van der Waals surface area contributed by atoms with Crippen molar-refractivity contribution in [2.24, 2.45) is 12.8 Å². The van der Waals surface area contributed by atoms with E-state index in [0.29, 0.717) is 5.92 Å². The molecule has 1 aromatic heterocycles. The number of rotatable bonds is 5. The molecule has 0 aliphatic heterocycles. The molecular formula is C17H25N3O. The van der Waals surface area contributed by atoms with E-state index in [9.17, 15) is 0 Å². The molecule has 2 N–H and O–H groups in total. The Morgan fingerprint density at radius 2 is 1.81 bits per heavy atom. The van der Waals surface area contributed by atoms with Crippen molar-refractivity contribution in [3.63, 3.8) is 0 Å². The number of nitrogens with two attached hydrogens (primary N) is 1. The Labute approximate surface area is 126 Å². The van der Waals surface area contributed by atoms with Crippen LogP contribution in [0.1, 0.15) is 43.5 Å². The number of aryl methyl sites for hydroxylation is 2. The zero-order valence-electron chi connectivity index (χ0n) is 13.6. The van der Waals surface area contributed by atoms with Crippen molar-refractivity contribution in [3.8, 4) is 11.6 Å². The standard InChI is InChI=1S/C17H25N3O/c1-11(2)14-6-8-15(9-7-14)21-17-16(10-12(3)18)13(4)19-20(17)5/h6-9,11-12H,10,18H2,1-5H3. The molecule has 2 rings (SSSR count). The molecule has 0 radical (unpaired) electrons. The lowest BCUT2D eigenvalue weighted by atomic mass is 10.0. The molecule has 0 aliphatic rings. The average Bonchev–Trinajstić information content (AvgIpc) is 2.66. The van der Waals surface area contributed by atoms with Crippen molar-refractivity contribution in [2.75, 3.05) is 0 Å². The molecule has 1 heterocycles. The number of aromatic nitrogens is 2. The van der Waals surface area contributed by atoms with Gasteiger partial charge in [0.2, 0.25) is 5.88 Å². The van der Waals surface area contributed by atoms with Crippen molar-refractivity contribution < 1.29 is 4.74 Å². The summed E-state index contributed by atoms with van der Waals surface area (Å²) in [5, 5.41) is 4.44. The van der Waals surface area contributed by atoms with Crippen LogP contribution in [0.5, 0.6) is 11.6 Å². The minimum absolute atomic E-state index is 0.0820. The first-order chi connectivity index (χ1) is 9.88. The largest absolute Gasteiger partial charge is 0.439 e. The van der Waals surface area contributed by atoms with Gasteiger partial charge in [-0.2, -0.15) is 5.10 Å². The van der Waals surface area contributed by atoms with Gasteiger partial charge in [-0.25, -0.2) is 4.68 Å². The van der Waals surface area contributed by atoms with E-state index in [0.717, 1.165) is 29.3 Å². The fraction of sp³-hybridized carbons (Fsp3) is 0.471. The zero-order valence-corrected chi connectivity index (χ0v) is 13.6. The molecule has 21 heavy (non-hydrogen) atoms. The van der Waals surface area contributed by atoms with Gasteiger partial charge in [0.1, 0.15) is 5.75 Å². The molecule has 114 valence electrons. The van der Waals surface area contributed by atoms with Crippen LogP contribution >= 0.6 is 0 Å². The Bertz CT molecular complexity index is 597. The monoisotopic (exact) mass is 287 g/mol. The lowest BCUT2D eigenvalue weighted by Crippen LogP contribution is -2.18. The van der Waals surface area contributed by atoms with Crippen LogP contribution < -0.4 is 10.5 Å². The molecule has 1 aromatic carbocycles. The molecule has 4 nitrogen and oxygen atoms in total. The van der Waals surface area contributed by atoms with Gasteiger partial charge >= 0.3 is 0 Å². The number of ether oxygens (including phenoxy) is 1. The fourth-order valence-corrected chi connectivity index (χ4v) is 2.40. The summed E-state index contributed by atoms with van der Waals surface area (Å²) in [5.74, 6) is 2.13. The van der Waals surface area contributed by atoms with Crippen LogP contribution in [-0.4, -0.2) is 15.8 Å². The van der Waals surface area contributed by atoms with Crippen LogP contribution in [0.3, 0.4) is 0 Å². The molecule has 1 atom stereocenters. The second kappa shape index (κ2) is 6.31. The van der Waals surface area contributed by atoms with Crippen molar-refractivity contribution >= 4 is 0 Å². The van der Waals surface area contributed by atoms with Gasteiger partial charge in [-0.3, -0.25) is 0 Å². The lowest BCUT2D eigenvalue weighted by Gasteiger charge is -2.11. The van der Waals surface area contributed by atoms with Crippen LogP contribution in [0.25, 0.3) is 0 Å². The summed E-state index contributed by atoms with van der Waals surface area (Å²) in [7, 11) is 1.90. The summed E-state index contributed by atoms with van der Waals surface area (Å²) in [6, 6.07) is 8.31. The minimum atomic E-state index is 0.0820. The highest BCUT2D eigenvalue weighted by Gasteiger charge is 2.16. The summed E-state index contributed by atoms with van der Waals surface area (Å²) in [5.41, 5.74) is 9.29. The van der Waals surface area contributed by atoms with Gasteiger partial charge in [0.25, 0.3) is 0 Å². The highest BCUT2D eigenvalue weighted by molar-refractivity contribution is 5.37. The van der Waals surface area contributed by atoms with Gasteiger partial charge in [-0.15, -0.1) is 0 Å². The second-order valence-electron chi connectivity index (χ2n) is 6.00. The van der Waals surface area contributed by atoms with Gasteiger partial charge < -0.3 is 10.5 Å². The third-order valence-electron chi connectivity index (χ3n) is 3.58. The summed E-state index contributed by atoms with van der Waals surface area (Å²) >= 11 is 0. The molecule has 0 fully saturated rings.